The summed E-state index contributed by atoms with van der Waals surface area (Å²) in [5.74, 6) is 1.79. The van der Waals surface area contributed by atoms with Crippen LogP contribution < -0.4 is 14.8 Å². The Hall–Kier alpha value is -0.930. The van der Waals surface area contributed by atoms with Gasteiger partial charge in [0.25, 0.3) is 0 Å². The molecule has 0 fully saturated rings. The van der Waals surface area contributed by atoms with Crippen LogP contribution in [0.3, 0.4) is 0 Å². The minimum absolute atomic E-state index is 0. The topological polar surface area (TPSA) is 30.5 Å². The average molecular weight is 228 g/mol. The van der Waals surface area contributed by atoms with E-state index in [0.717, 1.165) is 24.5 Å². The van der Waals surface area contributed by atoms with E-state index in [9.17, 15) is 0 Å². The van der Waals surface area contributed by atoms with Crippen molar-refractivity contribution in [2.75, 3.05) is 6.79 Å². The zero-order chi connectivity index (χ0) is 9.54. The van der Waals surface area contributed by atoms with Crippen molar-refractivity contribution < 1.29 is 9.47 Å². The quantitative estimate of drug-likeness (QED) is 0.734. The van der Waals surface area contributed by atoms with Crippen LogP contribution in [0.2, 0.25) is 0 Å². The SMILES string of the molecule is CC1Cc2cc3c(cc2CN1)OCO3.Cl. The van der Waals surface area contributed by atoms with Gasteiger partial charge in [0.05, 0.1) is 0 Å². The Bertz CT molecular complexity index is 381. The van der Waals surface area contributed by atoms with Gasteiger partial charge >= 0.3 is 0 Å². The highest BCUT2D eigenvalue weighted by Crippen LogP contribution is 2.36. The van der Waals surface area contributed by atoms with E-state index in [0.29, 0.717) is 12.8 Å². The molecule has 0 bridgehead atoms. The second kappa shape index (κ2) is 3.91. The first-order chi connectivity index (χ1) is 6.83. The van der Waals surface area contributed by atoms with E-state index in [1.165, 1.54) is 11.1 Å². The van der Waals surface area contributed by atoms with Crippen molar-refractivity contribution in [2.24, 2.45) is 0 Å². The molecule has 0 aliphatic carbocycles. The van der Waals surface area contributed by atoms with Crippen LogP contribution in [0.4, 0.5) is 0 Å². The number of ether oxygens (including phenoxy) is 2. The normalized spacial score (nSPS) is 21.8. The van der Waals surface area contributed by atoms with Gasteiger partial charge in [0, 0.05) is 12.6 Å². The number of hydrogen-bond acceptors (Lipinski definition) is 3. The Labute approximate surface area is 95.2 Å². The first-order valence-electron chi connectivity index (χ1n) is 4.98. The molecule has 0 spiro atoms. The highest BCUT2D eigenvalue weighted by atomic mass is 35.5. The van der Waals surface area contributed by atoms with Crippen molar-refractivity contribution in [2.45, 2.75) is 25.9 Å². The van der Waals surface area contributed by atoms with Crippen molar-refractivity contribution in [3.63, 3.8) is 0 Å². The van der Waals surface area contributed by atoms with Crippen molar-refractivity contribution in [3.8, 4) is 11.5 Å². The van der Waals surface area contributed by atoms with Crippen LogP contribution in [0.1, 0.15) is 18.1 Å². The fourth-order valence-electron chi connectivity index (χ4n) is 2.07. The third-order valence-corrected chi connectivity index (χ3v) is 2.86. The highest BCUT2D eigenvalue weighted by Gasteiger charge is 2.20. The van der Waals surface area contributed by atoms with Gasteiger partial charge in [-0.25, -0.2) is 0 Å². The van der Waals surface area contributed by atoms with Crippen molar-refractivity contribution in [1.29, 1.82) is 0 Å². The molecular weight excluding hydrogens is 214 g/mol. The zero-order valence-corrected chi connectivity index (χ0v) is 9.39. The summed E-state index contributed by atoms with van der Waals surface area (Å²) in [7, 11) is 0. The smallest absolute Gasteiger partial charge is 0.231 e. The molecule has 1 atom stereocenters. The lowest BCUT2D eigenvalue weighted by atomic mass is 9.96. The Morgan fingerprint density at radius 1 is 1.20 bits per heavy atom. The van der Waals surface area contributed by atoms with E-state index < -0.39 is 0 Å². The van der Waals surface area contributed by atoms with Gasteiger partial charge in [-0.15, -0.1) is 12.4 Å². The largest absolute Gasteiger partial charge is 0.454 e. The van der Waals surface area contributed by atoms with E-state index in [1.54, 1.807) is 0 Å². The lowest BCUT2D eigenvalue weighted by Gasteiger charge is -2.23. The molecule has 1 unspecified atom stereocenters. The summed E-state index contributed by atoms with van der Waals surface area (Å²) in [6, 6.07) is 4.77. The second-order valence-corrected chi connectivity index (χ2v) is 3.96. The van der Waals surface area contributed by atoms with Gasteiger partial charge in [0.2, 0.25) is 6.79 Å². The van der Waals surface area contributed by atoms with Crippen molar-refractivity contribution in [1.82, 2.24) is 5.32 Å². The summed E-state index contributed by atoms with van der Waals surface area (Å²) < 4.78 is 10.7. The summed E-state index contributed by atoms with van der Waals surface area (Å²) in [6.07, 6.45) is 1.08. The highest BCUT2D eigenvalue weighted by molar-refractivity contribution is 5.85. The number of benzene rings is 1. The fourth-order valence-corrected chi connectivity index (χ4v) is 2.07. The minimum atomic E-state index is 0. The average Bonchev–Trinajstić information content (AvgIpc) is 2.61. The van der Waals surface area contributed by atoms with E-state index >= 15 is 0 Å². The van der Waals surface area contributed by atoms with Gasteiger partial charge in [0.1, 0.15) is 0 Å². The number of halogens is 1. The molecule has 0 aromatic heterocycles. The molecule has 0 saturated carbocycles. The van der Waals surface area contributed by atoms with Crippen LogP contribution in [0.25, 0.3) is 0 Å². The van der Waals surface area contributed by atoms with Crippen molar-refractivity contribution >= 4 is 12.4 Å². The Morgan fingerprint density at radius 3 is 2.60 bits per heavy atom. The monoisotopic (exact) mass is 227 g/mol. The lowest BCUT2D eigenvalue weighted by Crippen LogP contribution is -2.32. The molecule has 0 radical (unpaired) electrons. The Balaban J connectivity index is 0.000000853. The first-order valence-corrected chi connectivity index (χ1v) is 4.98. The van der Waals surface area contributed by atoms with E-state index in [1.807, 2.05) is 0 Å². The third kappa shape index (κ3) is 1.77. The Morgan fingerprint density at radius 2 is 1.87 bits per heavy atom. The van der Waals surface area contributed by atoms with Gasteiger partial charge in [-0.05, 0) is 36.6 Å². The predicted molar refractivity (Wildman–Crippen MR) is 59.8 cm³/mol. The molecule has 3 nitrogen and oxygen atoms in total. The standard InChI is InChI=1S/C11H13NO2.ClH/c1-7-2-8-3-10-11(14-6-13-10)4-9(8)5-12-7;/h3-4,7,12H,2,5-6H2,1H3;1H. The molecule has 82 valence electrons. The molecule has 15 heavy (non-hydrogen) atoms. The van der Waals surface area contributed by atoms with E-state index in [-0.39, 0.29) is 12.4 Å². The summed E-state index contributed by atoms with van der Waals surface area (Å²) in [6.45, 7) is 3.50. The fraction of sp³-hybridized carbons (Fsp3) is 0.455. The molecule has 4 heteroatoms. The van der Waals surface area contributed by atoms with E-state index in [2.05, 4.69) is 24.4 Å². The molecule has 2 aliphatic rings. The number of rotatable bonds is 0. The van der Waals surface area contributed by atoms with Gasteiger partial charge in [0.15, 0.2) is 11.5 Å². The first kappa shape index (κ1) is 10.6. The molecule has 1 aromatic carbocycles. The maximum Gasteiger partial charge on any atom is 0.231 e. The predicted octanol–water partition coefficient (Wildman–Crippen LogP) is 1.87. The maximum atomic E-state index is 5.36. The molecule has 3 rings (SSSR count). The summed E-state index contributed by atoms with van der Waals surface area (Å²) in [5.41, 5.74) is 2.73. The molecular formula is C11H14ClNO2. The van der Waals surface area contributed by atoms with Crippen LogP contribution in [-0.2, 0) is 13.0 Å². The molecule has 0 saturated heterocycles. The molecule has 0 amide bonds. The van der Waals surface area contributed by atoms with Crippen LogP contribution in [0, 0.1) is 0 Å². The zero-order valence-electron chi connectivity index (χ0n) is 8.58. The summed E-state index contributed by atoms with van der Waals surface area (Å²) in [5, 5.41) is 3.43. The molecule has 2 aliphatic heterocycles. The third-order valence-electron chi connectivity index (χ3n) is 2.86. The number of nitrogens with one attached hydrogen (secondary N) is 1. The summed E-state index contributed by atoms with van der Waals surface area (Å²) in [4.78, 5) is 0. The molecule has 2 heterocycles. The lowest BCUT2D eigenvalue weighted by molar-refractivity contribution is 0.174. The van der Waals surface area contributed by atoms with Crippen LogP contribution in [0.15, 0.2) is 12.1 Å². The van der Waals surface area contributed by atoms with Crippen molar-refractivity contribution in [3.05, 3.63) is 23.3 Å². The second-order valence-electron chi connectivity index (χ2n) is 3.96. The molecule has 1 N–H and O–H groups in total. The number of hydrogen-bond donors (Lipinski definition) is 1. The van der Waals surface area contributed by atoms with Crippen LogP contribution in [0.5, 0.6) is 11.5 Å². The van der Waals surface area contributed by atoms with Gasteiger partial charge in [-0.2, -0.15) is 0 Å². The van der Waals surface area contributed by atoms with Gasteiger partial charge < -0.3 is 14.8 Å². The van der Waals surface area contributed by atoms with Gasteiger partial charge in [-0.1, -0.05) is 0 Å². The minimum Gasteiger partial charge on any atom is -0.454 e. The van der Waals surface area contributed by atoms with Crippen LogP contribution >= 0.6 is 12.4 Å². The Kier molecular flexibility index (Phi) is 2.76. The van der Waals surface area contributed by atoms with Crippen LogP contribution in [-0.4, -0.2) is 12.8 Å². The van der Waals surface area contributed by atoms with Gasteiger partial charge in [-0.3, -0.25) is 0 Å². The maximum absolute atomic E-state index is 5.36. The van der Waals surface area contributed by atoms with E-state index in [4.69, 9.17) is 9.47 Å². The summed E-state index contributed by atoms with van der Waals surface area (Å²) >= 11 is 0. The molecule has 1 aromatic rings. The number of fused-ring (bicyclic) bond motifs is 2.